The number of nitrogens with zero attached hydrogens (tertiary/aromatic N) is 3. The molecule has 0 radical (unpaired) electrons. The highest BCUT2D eigenvalue weighted by atomic mass is 15.3. The van der Waals surface area contributed by atoms with E-state index in [9.17, 15) is 0 Å². The van der Waals surface area contributed by atoms with E-state index in [0.29, 0.717) is 0 Å². The van der Waals surface area contributed by atoms with Crippen molar-refractivity contribution in [3.05, 3.63) is 24.4 Å². The fourth-order valence-corrected chi connectivity index (χ4v) is 3.14. The third-order valence-electron chi connectivity index (χ3n) is 4.52. The van der Waals surface area contributed by atoms with Gasteiger partial charge in [-0.15, -0.1) is 0 Å². The molecule has 1 aromatic heterocycles. The number of hydrogen-bond donors (Lipinski definition) is 1. The molecule has 2 saturated heterocycles. The molecule has 2 aliphatic heterocycles. The summed E-state index contributed by atoms with van der Waals surface area (Å²) < 4.78 is 0. The number of aromatic nitrogens is 1. The molecule has 4 nitrogen and oxygen atoms in total. The van der Waals surface area contributed by atoms with E-state index >= 15 is 0 Å². The average molecular weight is 260 g/mol. The van der Waals surface area contributed by atoms with Crippen molar-refractivity contribution in [3.63, 3.8) is 0 Å². The molecule has 1 aromatic rings. The van der Waals surface area contributed by atoms with Crippen LogP contribution >= 0.6 is 0 Å². The van der Waals surface area contributed by atoms with Gasteiger partial charge in [-0.25, -0.2) is 4.98 Å². The molecule has 3 heterocycles. The van der Waals surface area contributed by atoms with Crippen molar-refractivity contribution in [2.45, 2.75) is 6.92 Å². The van der Waals surface area contributed by atoms with E-state index < -0.39 is 0 Å². The van der Waals surface area contributed by atoms with E-state index in [2.05, 4.69) is 39.2 Å². The molecule has 2 unspecified atom stereocenters. The Morgan fingerprint density at radius 1 is 1.21 bits per heavy atom. The van der Waals surface area contributed by atoms with E-state index in [1.807, 2.05) is 12.3 Å². The van der Waals surface area contributed by atoms with Gasteiger partial charge in [-0.1, -0.05) is 13.0 Å². The molecule has 0 amide bonds. The summed E-state index contributed by atoms with van der Waals surface area (Å²) in [4.78, 5) is 9.45. The smallest absolute Gasteiger partial charge is 0.128 e. The summed E-state index contributed by atoms with van der Waals surface area (Å²) in [7, 11) is 0. The van der Waals surface area contributed by atoms with Crippen LogP contribution in [0.1, 0.15) is 6.92 Å². The number of anilines is 1. The summed E-state index contributed by atoms with van der Waals surface area (Å²) in [5, 5.41) is 3.50. The van der Waals surface area contributed by atoms with Crippen LogP contribution in [-0.4, -0.2) is 55.7 Å². The third-order valence-corrected chi connectivity index (χ3v) is 4.52. The maximum absolute atomic E-state index is 4.44. The Morgan fingerprint density at radius 2 is 2.05 bits per heavy atom. The van der Waals surface area contributed by atoms with Crippen LogP contribution in [0.2, 0.25) is 0 Å². The molecule has 2 fully saturated rings. The maximum atomic E-state index is 4.44. The second kappa shape index (κ2) is 5.88. The Balaban J connectivity index is 1.49. The zero-order chi connectivity index (χ0) is 13.1. The molecule has 4 heteroatoms. The molecule has 104 valence electrons. The summed E-state index contributed by atoms with van der Waals surface area (Å²) in [5.41, 5.74) is 0. The van der Waals surface area contributed by atoms with Crippen LogP contribution < -0.4 is 10.2 Å². The van der Waals surface area contributed by atoms with E-state index in [-0.39, 0.29) is 0 Å². The van der Waals surface area contributed by atoms with Gasteiger partial charge in [0, 0.05) is 38.9 Å². The molecule has 0 bridgehead atoms. The SMILES string of the molecule is CC1CNCC1CN1CCN(c2ccccn2)CC1. The van der Waals surface area contributed by atoms with Gasteiger partial charge >= 0.3 is 0 Å². The molecule has 1 N–H and O–H groups in total. The number of nitrogens with one attached hydrogen (secondary N) is 1. The van der Waals surface area contributed by atoms with Gasteiger partial charge in [0.15, 0.2) is 0 Å². The second-order valence-corrected chi connectivity index (χ2v) is 5.87. The highest BCUT2D eigenvalue weighted by molar-refractivity contribution is 5.38. The molecule has 3 rings (SSSR count). The third kappa shape index (κ3) is 3.07. The standard InChI is InChI=1S/C15H24N4/c1-13-10-16-11-14(13)12-18-6-8-19(9-7-18)15-4-2-3-5-17-15/h2-5,13-14,16H,6-12H2,1H3. The second-order valence-electron chi connectivity index (χ2n) is 5.87. The van der Waals surface area contributed by atoms with Gasteiger partial charge in [0.05, 0.1) is 0 Å². The predicted octanol–water partition coefficient (Wildman–Crippen LogP) is 1.06. The quantitative estimate of drug-likeness (QED) is 0.880. The van der Waals surface area contributed by atoms with Crippen LogP contribution in [0.15, 0.2) is 24.4 Å². The van der Waals surface area contributed by atoms with E-state index in [1.54, 1.807) is 0 Å². The van der Waals surface area contributed by atoms with Gasteiger partial charge in [0.1, 0.15) is 5.82 Å². The van der Waals surface area contributed by atoms with E-state index in [1.165, 1.54) is 32.7 Å². The normalized spacial score (nSPS) is 28.8. The highest BCUT2D eigenvalue weighted by Crippen LogP contribution is 2.19. The molecule has 0 aliphatic carbocycles. The van der Waals surface area contributed by atoms with Crippen LogP contribution in [0.25, 0.3) is 0 Å². The van der Waals surface area contributed by atoms with Gasteiger partial charge in [-0.2, -0.15) is 0 Å². The minimum atomic E-state index is 0.828. The largest absolute Gasteiger partial charge is 0.354 e. The average Bonchev–Trinajstić information content (AvgIpc) is 2.86. The van der Waals surface area contributed by atoms with Crippen LogP contribution in [0, 0.1) is 11.8 Å². The number of rotatable bonds is 3. The van der Waals surface area contributed by atoms with E-state index in [4.69, 9.17) is 0 Å². The van der Waals surface area contributed by atoms with Gasteiger partial charge in [0.2, 0.25) is 0 Å². The summed E-state index contributed by atoms with van der Waals surface area (Å²) in [6.07, 6.45) is 1.88. The number of hydrogen-bond acceptors (Lipinski definition) is 4. The fraction of sp³-hybridized carbons (Fsp3) is 0.667. The predicted molar refractivity (Wildman–Crippen MR) is 78.4 cm³/mol. The molecule has 0 aromatic carbocycles. The lowest BCUT2D eigenvalue weighted by molar-refractivity contribution is 0.207. The molecule has 0 spiro atoms. The van der Waals surface area contributed by atoms with Crippen LogP contribution in [0.5, 0.6) is 0 Å². The Morgan fingerprint density at radius 3 is 2.68 bits per heavy atom. The van der Waals surface area contributed by atoms with Crippen molar-refractivity contribution in [1.29, 1.82) is 0 Å². The van der Waals surface area contributed by atoms with Crippen molar-refractivity contribution in [2.75, 3.05) is 50.7 Å². The van der Waals surface area contributed by atoms with Crippen LogP contribution in [-0.2, 0) is 0 Å². The first kappa shape index (κ1) is 12.9. The first-order chi connectivity index (χ1) is 9.33. The Hall–Kier alpha value is -1.13. The lowest BCUT2D eigenvalue weighted by Crippen LogP contribution is -2.48. The Labute approximate surface area is 115 Å². The van der Waals surface area contributed by atoms with Crippen molar-refractivity contribution in [3.8, 4) is 0 Å². The number of piperazine rings is 1. The molecule has 0 saturated carbocycles. The molecule has 19 heavy (non-hydrogen) atoms. The fourth-order valence-electron chi connectivity index (χ4n) is 3.14. The minimum Gasteiger partial charge on any atom is -0.354 e. The highest BCUT2D eigenvalue weighted by Gasteiger charge is 2.26. The monoisotopic (exact) mass is 260 g/mol. The minimum absolute atomic E-state index is 0.828. The van der Waals surface area contributed by atoms with E-state index in [0.717, 1.165) is 30.7 Å². The molecular formula is C15H24N4. The van der Waals surface area contributed by atoms with Gasteiger partial charge in [-0.05, 0) is 37.1 Å². The molecular weight excluding hydrogens is 236 g/mol. The topological polar surface area (TPSA) is 31.4 Å². The molecule has 2 aliphatic rings. The van der Waals surface area contributed by atoms with Gasteiger partial charge in [0.25, 0.3) is 0 Å². The lowest BCUT2D eigenvalue weighted by Gasteiger charge is -2.37. The van der Waals surface area contributed by atoms with Crippen LogP contribution in [0.4, 0.5) is 5.82 Å². The maximum Gasteiger partial charge on any atom is 0.128 e. The summed E-state index contributed by atoms with van der Waals surface area (Å²) in [6, 6.07) is 6.16. The van der Waals surface area contributed by atoms with Gasteiger partial charge in [-0.3, -0.25) is 4.90 Å². The molecule has 2 atom stereocenters. The van der Waals surface area contributed by atoms with Crippen LogP contribution in [0.3, 0.4) is 0 Å². The summed E-state index contributed by atoms with van der Waals surface area (Å²) in [5.74, 6) is 2.79. The van der Waals surface area contributed by atoms with Crippen molar-refractivity contribution < 1.29 is 0 Å². The zero-order valence-corrected chi connectivity index (χ0v) is 11.8. The van der Waals surface area contributed by atoms with Crippen molar-refractivity contribution >= 4 is 5.82 Å². The lowest BCUT2D eigenvalue weighted by atomic mass is 9.97. The Bertz CT molecular complexity index is 386. The first-order valence-electron chi connectivity index (χ1n) is 7.42. The van der Waals surface area contributed by atoms with Gasteiger partial charge < -0.3 is 10.2 Å². The van der Waals surface area contributed by atoms with Crippen molar-refractivity contribution in [1.82, 2.24) is 15.2 Å². The number of pyridine rings is 1. The zero-order valence-electron chi connectivity index (χ0n) is 11.8. The Kier molecular flexibility index (Phi) is 3.99. The summed E-state index contributed by atoms with van der Waals surface area (Å²) in [6.45, 7) is 10.6. The van der Waals surface area contributed by atoms with Crippen molar-refractivity contribution in [2.24, 2.45) is 11.8 Å². The summed E-state index contributed by atoms with van der Waals surface area (Å²) >= 11 is 0. The first-order valence-corrected chi connectivity index (χ1v) is 7.42.